The minimum Gasteiger partial charge on any atom is -0.343 e. The Bertz CT molecular complexity index is 212. The number of Topliss-reactive ketones (excluding diaryl/α,β-unsaturated/α-hetero) is 1. The normalized spacial score (nSPS) is 15.3. The number of hydrogen-bond acceptors (Lipinski definition) is 2. The van der Waals surface area contributed by atoms with Crippen LogP contribution in [-0.4, -0.2) is 29.7 Å². The number of likely N-dealkylation sites (tertiary alicyclic amines) is 1. The van der Waals surface area contributed by atoms with Gasteiger partial charge in [0.25, 0.3) is 0 Å². The Kier molecular flexibility index (Phi) is 7.01. The van der Waals surface area contributed by atoms with Crippen molar-refractivity contribution >= 4 is 11.7 Å². The molecule has 0 saturated carbocycles. The number of nitrogens with zero attached hydrogens (tertiary/aromatic N) is 1. The van der Waals surface area contributed by atoms with E-state index >= 15 is 0 Å². The molecule has 0 aromatic heterocycles. The summed E-state index contributed by atoms with van der Waals surface area (Å²) in [7, 11) is 0. The van der Waals surface area contributed by atoms with E-state index in [4.69, 9.17) is 0 Å². The van der Waals surface area contributed by atoms with E-state index in [1.807, 2.05) is 25.7 Å². The number of carbonyl (C=O) groups excluding carboxylic acids is 2. The SMILES string of the molecule is CC(=O)CC(C)C.CCN1CCCC1=O. The molecule has 88 valence electrons. The lowest BCUT2D eigenvalue weighted by atomic mass is 10.1. The Hall–Kier alpha value is -0.860. The van der Waals surface area contributed by atoms with Crippen molar-refractivity contribution in [3.05, 3.63) is 0 Å². The van der Waals surface area contributed by atoms with Gasteiger partial charge in [0.2, 0.25) is 5.91 Å². The van der Waals surface area contributed by atoms with Gasteiger partial charge in [0.05, 0.1) is 0 Å². The molecule has 1 aliphatic rings. The first kappa shape index (κ1) is 14.1. The lowest BCUT2D eigenvalue weighted by Crippen LogP contribution is -2.23. The zero-order valence-corrected chi connectivity index (χ0v) is 10.4. The van der Waals surface area contributed by atoms with E-state index < -0.39 is 0 Å². The maximum atomic E-state index is 10.7. The van der Waals surface area contributed by atoms with Gasteiger partial charge in [-0.2, -0.15) is 0 Å². The van der Waals surface area contributed by atoms with E-state index in [0.29, 0.717) is 11.8 Å². The van der Waals surface area contributed by atoms with Crippen LogP contribution in [0.5, 0.6) is 0 Å². The van der Waals surface area contributed by atoms with Gasteiger partial charge in [-0.3, -0.25) is 4.79 Å². The molecule has 0 aromatic carbocycles. The van der Waals surface area contributed by atoms with Gasteiger partial charge < -0.3 is 9.69 Å². The molecule has 0 spiro atoms. The molecule has 0 N–H and O–H groups in total. The second-order valence-electron chi connectivity index (χ2n) is 4.38. The molecule has 3 heteroatoms. The Labute approximate surface area is 92.8 Å². The van der Waals surface area contributed by atoms with Gasteiger partial charge >= 0.3 is 0 Å². The third kappa shape index (κ3) is 7.11. The Balaban J connectivity index is 0.000000265. The first-order valence-electron chi connectivity index (χ1n) is 5.74. The van der Waals surface area contributed by atoms with Crippen LogP contribution in [0.25, 0.3) is 0 Å². The van der Waals surface area contributed by atoms with Crippen LogP contribution < -0.4 is 0 Å². The van der Waals surface area contributed by atoms with Gasteiger partial charge in [-0.25, -0.2) is 0 Å². The number of carbonyl (C=O) groups is 2. The molecule has 15 heavy (non-hydrogen) atoms. The molecule has 1 rings (SSSR count). The molecule has 1 saturated heterocycles. The minimum absolute atomic E-state index is 0.287. The van der Waals surface area contributed by atoms with Gasteiger partial charge in [0.1, 0.15) is 5.78 Å². The maximum absolute atomic E-state index is 10.7. The van der Waals surface area contributed by atoms with Crippen LogP contribution in [0.15, 0.2) is 0 Å². The highest BCUT2D eigenvalue weighted by Gasteiger charge is 2.16. The summed E-state index contributed by atoms with van der Waals surface area (Å²) in [5, 5.41) is 0. The van der Waals surface area contributed by atoms with Crippen LogP contribution in [0, 0.1) is 5.92 Å². The van der Waals surface area contributed by atoms with E-state index in [1.54, 1.807) is 6.92 Å². The van der Waals surface area contributed by atoms with Gasteiger partial charge in [-0.15, -0.1) is 0 Å². The summed E-state index contributed by atoms with van der Waals surface area (Å²) in [5.41, 5.74) is 0. The van der Waals surface area contributed by atoms with Crippen LogP contribution in [0.4, 0.5) is 0 Å². The standard InChI is InChI=1S/C6H11NO.C6H12O/c1-2-7-5-3-4-6(7)8;1-5(2)4-6(3)7/h2-5H2,1H3;5H,4H2,1-3H3. The second kappa shape index (κ2) is 7.43. The summed E-state index contributed by atoms with van der Waals surface area (Å²) in [6.45, 7) is 9.60. The van der Waals surface area contributed by atoms with Crippen molar-refractivity contribution < 1.29 is 9.59 Å². The fourth-order valence-electron chi connectivity index (χ4n) is 1.61. The van der Waals surface area contributed by atoms with Crippen molar-refractivity contribution in [2.75, 3.05) is 13.1 Å². The fraction of sp³-hybridized carbons (Fsp3) is 0.833. The van der Waals surface area contributed by atoms with Gasteiger partial charge in [0.15, 0.2) is 0 Å². The van der Waals surface area contributed by atoms with Crippen LogP contribution in [0.1, 0.15) is 47.0 Å². The summed E-state index contributed by atoms with van der Waals surface area (Å²) < 4.78 is 0. The molecule has 0 unspecified atom stereocenters. The van der Waals surface area contributed by atoms with Crippen LogP contribution in [0.2, 0.25) is 0 Å². The molecule has 0 aromatic rings. The molecule has 1 aliphatic heterocycles. The molecule has 3 nitrogen and oxygen atoms in total. The summed E-state index contributed by atoms with van der Waals surface area (Å²) in [5.74, 6) is 1.14. The van der Waals surface area contributed by atoms with E-state index in [2.05, 4.69) is 0 Å². The molecule has 0 aliphatic carbocycles. The summed E-state index contributed by atoms with van der Waals surface area (Å²) >= 11 is 0. The largest absolute Gasteiger partial charge is 0.343 e. The molecule has 1 fully saturated rings. The van der Waals surface area contributed by atoms with Crippen LogP contribution in [0.3, 0.4) is 0 Å². The van der Waals surface area contributed by atoms with Crippen molar-refractivity contribution in [3.8, 4) is 0 Å². The highest BCUT2D eigenvalue weighted by molar-refractivity contribution is 5.77. The van der Waals surface area contributed by atoms with E-state index in [0.717, 1.165) is 32.4 Å². The highest BCUT2D eigenvalue weighted by atomic mass is 16.2. The summed E-state index contributed by atoms with van der Waals surface area (Å²) in [6, 6.07) is 0. The van der Waals surface area contributed by atoms with Crippen LogP contribution >= 0.6 is 0 Å². The van der Waals surface area contributed by atoms with Crippen molar-refractivity contribution in [3.63, 3.8) is 0 Å². The van der Waals surface area contributed by atoms with Crippen molar-refractivity contribution in [1.82, 2.24) is 4.90 Å². The van der Waals surface area contributed by atoms with Crippen molar-refractivity contribution in [2.45, 2.75) is 47.0 Å². The second-order valence-corrected chi connectivity index (χ2v) is 4.38. The summed E-state index contributed by atoms with van der Waals surface area (Å²) in [4.78, 5) is 22.9. The Morgan fingerprint density at radius 2 is 2.07 bits per heavy atom. The fourth-order valence-corrected chi connectivity index (χ4v) is 1.61. The molecule has 0 bridgehead atoms. The predicted molar refractivity (Wildman–Crippen MR) is 61.6 cm³/mol. The molecular weight excluding hydrogens is 190 g/mol. The quantitative estimate of drug-likeness (QED) is 0.721. The van der Waals surface area contributed by atoms with Crippen molar-refractivity contribution in [1.29, 1.82) is 0 Å². The number of rotatable bonds is 3. The molecule has 0 atom stereocenters. The number of amides is 1. The average molecular weight is 213 g/mol. The summed E-state index contributed by atoms with van der Waals surface area (Å²) in [6.07, 6.45) is 2.56. The van der Waals surface area contributed by atoms with Gasteiger partial charge in [-0.05, 0) is 26.2 Å². The lowest BCUT2D eigenvalue weighted by molar-refractivity contribution is -0.127. The van der Waals surface area contributed by atoms with Gasteiger partial charge in [-0.1, -0.05) is 13.8 Å². The number of hydrogen-bond donors (Lipinski definition) is 0. The topological polar surface area (TPSA) is 37.4 Å². The zero-order chi connectivity index (χ0) is 11.8. The number of ketones is 1. The first-order chi connectivity index (χ1) is 6.97. The minimum atomic E-state index is 0.287. The third-order valence-electron chi connectivity index (χ3n) is 2.25. The molecule has 1 heterocycles. The van der Waals surface area contributed by atoms with Crippen molar-refractivity contribution in [2.24, 2.45) is 5.92 Å². The average Bonchev–Trinajstić information content (AvgIpc) is 2.49. The monoisotopic (exact) mass is 213 g/mol. The maximum Gasteiger partial charge on any atom is 0.222 e. The molecular formula is C12H23NO2. The lowest BCUT2D eigenvalue weighted by Gasteiger charge is -2.10. The highest BCUT2D eigenvalue weighted by Crippen LogP contribution is 2.07. The Morgan fingerprint density at radius 3 is 2.20 bits per heavy atom. The zero-order valence-electron chi connectivity index (χ0n) is 10.4. The third-order valence-corrected chi connectivity index (χ3v) is 2.25. The Morgan fingerprint density at radius 1 is 1.47 bits per heavy atom. The van der Waals surface area contributed by atoms with Crippen LogP contribution in [-0.2, 0) is 9.59 Å². The van der Waals surface area contributed by atoms with Gasteiger partial charge in [0, 0.05) is 25.9 Å². The smallest absolute Gasteiger partial charge is 0.222 e. The molecule has 0 radical (unpaired) electrons. The molecule has 1 amide bonds. The van der Waals surface area contributed by atoms with E-state index in [-0.39, 0.29) is 5.78 Å². The van der Waals surface area contributed by atoms with E-state index in [9.17, 15) is 9.59 Å². The first-order valence-corrected chi connectivity index (χ1v) is 5.74. The predicted octanol–water partition coefficient (Wildman–Crippen LogP) is 2.25. The van der Waals surface area contributed by atoms with E-state index in [1.165, 1.54) is 0 Å².